The lowest BCUT2D eigenvalue weighted by Crippen LogP contribution is -2.19. The highest BCUT2D eigenvalue weighted by Gasteiger charge is 2.29. The summed E-state index contributed by atoms with van der Waals surface area (Å²) in [4.78, 5) is 4.04. The fourth-order valence-corrected chi connectivity index (χ4v) is 2.59. The molecule has 1 aromatic carbocycles. The van der Waals surface area contributed by atoms with Gasteiger partial charge in [0, 0.05) is 10.9 Å². The van der Waals surface area contributed by atoms with Crippen LogP contribution in [0.2, 0.25) is 10.0 Å². The summed E-state index contributed by atoms with van der Waals surface area (Å²) in [5.41, 5.74) is 6.60. The predicted molar refractivity (Wildman–Crippen MR) is 73.5 cm³/mol. The lowest BCUT2D eigenvalue weighted by molar-refractivity contribution is -0.153. The molecule has 1 aromatic heterocycles. The number of nitrogens with two attached hydrogens (primary N) is 1. The molecular formula is C11H7Cl2F3N2OS. The van der Waals surface area contributed by atoms with Gasteiger partial charge in [0.25, 0.3) is 0 Å². The van der Waals surface area contributed by atoms with Crippen LogP contribution in [0.4, 0.5) is 18.3 Å². The molecule has 0 aliphatic rings. The monoisotopic (exact) mass is 342 g/mol. The number of aromatic nitrogens is 1. The standard InChI is InChI=1S/C11H7Cl2F3N2OS/c12-6-1-5(8-3-20-10(17)18-8)2-7(13)9(6)19-4-11(14,15)16/h1-3H,4H2,(H2,17,18). The molecule has 0 aliphatic heterocycles. The van der Waals surface area contributed by atoms with E-state index in [-0.39, 0.29) is 15.8 Å². The molecule has 0 aliphatic carbocycles. The Balaban J connectivity index is 2.29. The molecule has 1 heterocycles. The van der Waals surface area contributed by atoms with Crippen molar-refractivity contribution in [1.29, 1.82) is 0 Å². The highest BCUT2D eigenvalue weighted by atomic mass is 35.5. The molecule has 20 heavy (non-hydrogen) atoms. The summed E-state index contributed by atoms with van der Waals surface area (Å²) in [6.45, 7) is -1.46. The number of nitrogens with zero attached hydrogens (tertiary/aromatic N) is 1. The van der Waals surface area contributed by atoms with Crippen molar-refractivity contribution in [3.05, 3.63) is 27.6 Å². The lowest BCUT2D eigenvalue weighted by atomic mass is 10.1. The van der Waals surface area contributed by atoms with E-state index in [1.54, 1.807) is 5.38 Å². The molecule has 108 valence electrons. The number of nitrogen functional groups attached to an aromatic ring is 1. The Labute approximate surface area is 126 Å². The zero-order valence-electron chi connectivity index (χ0n) is 9.67. The van der Waals surface area contributed by atoms with Crippen LogP contribution in [0.1, 0.15) is 0 Å². The maximum Gasteiger partial charge on any atom is 0.422 e. The normalized spacial score (nSPS) is 11.7. The number of rotatable bonds is 3. The summed E-state index contributed by atoms with van der Waals surface area (Å²) in [5, 5.41) is 2.00. The summed E-state index contributed by atoms with van der Waals surface area (Å²) in [7, 11) is 0. The van der Waals surface area contributed by atoms with Crippen LogP contribution in [-0.2, 0) is 0 Å². The van der Waals surface area contributed by atoms with Crippen LogP contribution >= 0.6 is 34.5 Å². The second-order valence-corrected chi connectivity index (χ2v) is 5.45. The van der Waals surface area contributed by atoms with Crippen molar-refractivity contribution in [3.8, 4) is 17.0 Å². The van der Waals surface area contributed by atoms with Crippen molar-refractivity contribution < 1.29 is 17.9 Å². The quantitative estimate of drug-likeness (QED) is 0.883. The minimum absolute atomic E-state index is 0.0247. The lowest BCUT2D eigenvalue weighted by Gasteiger charge is -2.12. The number of ether oxygens (including phenoxy) is 1. The van der Waals surface area contributed by atoms with Crippen molar-refractivity contribution in [1.82, 2.24) is 4.98 Å². The maximum atomic E-state index is 12.1. The smallest absolute Gasteiger partial charge is 0.422 e. The van der Waals surface area contributed by atoms with Crippen molar-refractivity contribution in [2.75, 3.05) is 12.3 Å². The molecule has 0 atom stereocenters. The van der Waals surface area contributed by atoms with E-state index in [2.05, 4.69) is 9.72 Å². The van der Waals surface area contributed by atoms with Crippen LogP contribution in [-0.4, -0.2) is 17.8 Å². The molecule has 0 fully saturated rings. The van der Waals surface area contributed by atoms with Crippen molar-refractivity contribution in [2.24, 2.45) is 0 Å². The molecule has 0 saturated carbocycles. The number of anilines is 1. The van der Waals surface area contributed by atoms with E-state index in [1.807, 2.05) is 0 Å². The van der Waals surface area contributed by atoms with E-state index in [0.717, 1.165) is 0 Å². The predicted octanol–water partition coefficient (Wildman–Crippen LogP) is 4.64. The van der Waals surface area contributed by atoms with Crippen LogP contribution in [0, 0.1) is 0 Å². The minimum Gasteiger partial charge on any atom is -0.481 e. The number of halogens is 5. The summed E-state index contributed by atoms with van der Waals surface area (Å²) < 4.78 is 41.0. The van der Waals surface area contributed by atoms with Gasteiger partial charge in [-0.1, -0.05) is 23.2 Å². The average Bonchev–Trinajstić information content (AvgIpc) is 2.73. The zero-order chi connectivity index (χ0) is 14.9. The largest absolute Gasteiger partial charge is 0.481 e. The molecule has 0 amide bonds. The Morgan fingerprint density at radius 1 is 1.25 bits per heavy atom. The van der Waals surface area contributed by atoms with E-state index in [0.29, 0.717) is 16.4 Å². The van der Waals surface area contributed by atoms with Crippen LogP contribution < -0.4 is 10.5 Å². The van der Waals surface area contributed by atoms with Gasteiger partial charge in [-0.15, -0.1) is 11.3 Å². The van der Waals surface area contributed by atoms with Crippen molar-refractivity contribution in [2.45, 2.75) is 6.18 Å². The Kier molecular flexibility index (Phi) is 4.31. The summed E-state index contributed by atoms with van der Waals surface area (Å²) >= 11 is 13.0. The van der Waals surface area contributed by atoms with Gasteiger partial charge in [0.2, 0.25) is 0 Å². The van der Waals surface area contributed by atoms with E-state index < -0.39 is 12.8 Å². The Morgan fingerprint density at radius 3 is 2.30 bits per heavy atom. The third-order valence-corrected chi connectivity index (χ3v) is 3.43. The SMILES string of the molecule is Nc1nc(-c2cc(Cl)c(OCC(F)(F)F)c(Cl)c2)cs1. The number of hydrogen-bond acceptors (Lipinski definition) is 4. The fourth-order valence-electron chi connectivity index (χ4n) is 1.42. The molecule has 0 unspecified atom stereocenters. The van der Waals surface area contributed by atoms with Gasteiger partial charge in [-0.2, -0.15) is 13.2 Å². The number of benzene rings is 1. The highest BCUT2D eigenvalue weighted by molar-refractivity contribution is 7.13. The molecule has 0 saturated heterocycles. The third-order valence-electron chi connectivity index (χ3n) is 2.20. The van der Waals surface area contributed by atoms with Crippen molar-refractivity contribution in [3.63, 3.8) is 0 Å². The van der Waals surface area contributed by atoms with E-state index in [4.69, 9.17) is 28.9 Å². The molecular weight excluding hydrogens is 336 g/mol. The second kappa shape index (κ2) is 5.67. The van der Waals surface area contributed by atoms with Gasteiger partial charge in [-0.05, 0) is 12.1 Å². The van der Waals surface area contributed by atoms with E-state index in [1.165, 1.54) is 23.5 Å². The third kappa shape index (κ3) is 3.68. The molecule has 9 heteroatoms. The maximum absolute atomic E-state index is 12.1. The van der Waals surface area contributed by atoms with Gasteiger partial charge in [0.05, 0.1) is 15.7 Å². The van der Waals surface area contributed by atoms with Crippen molar-refractivity contribution >= 4 is 39.7 Å². The Morgan fingerprint density at radius 2 is 1.85 bits per heavy atom. The van der Waals surface area contributed by atoms with Crippen LogP contribution in [0.5, 0.6) is 5.75 Å². The number of thiazole rings is 1. The van der Waals surface area contributed by atoms with Gasteiger partial charge < -0.3 is 10.5 Å². The molecule has 0 radical (unpaired) electrons. The van der Waals surface area contributed by atoms with Gasteiger partial charge in [-0.25, -0.2) is 4.98 Å². The van der Waals surface area contributed by atoms with Crippen LogP contribution in [0.25, 0.3) is 11.3 Å². The second-order valence-electron chi connectivity index (χ2n) is 3.74. The Hall–Kier alpha value is -1.18. The van der Waals surface area contributed by atoms with E-state index in [9.17, 15) is 13.2 Å². The first-order valence-electron chi connectivity index (χ1n) is 5.16. The van der Waals surface area contributed by atoms with E-state index >= 15 is 0 Å². The molecule has 2 aromatic rings. The molecule has 2 N–H and O–H groups in total. The topological polar surface area (TPSA) is 48.1 Å². The molecule has 2 rings (SSSR count). The molecule has 0 spiro atoms. The number of alkyl halides is 3. The fraction of sp³-hybridized carbons (Fsp3) is 0.182. The number of hydrogen-bond donors (Lipinski definition) is 1. The summed E-state index contributed by atoms with van der Waals surface area (Å²) in [6, 6.07) is 2.85. The summed E-state index contributed by atoms with van der Waals surface area (Å²) in [6.07, 6.45) is -4.46. The van der Waals surface area contributed by atoms with Gasteiger partial charge in [-0.3, -0.25) is 0 Å². The molecule has 0 bridgehead atoms. The Bertz CT molecular complexity index is 607. The molecule has 3 nitrogen and oxygen atoms in total. The minimum atomic E-state index is -4.46. The zero-order valence-corrected chi connectivity index (χ0v) is 12.0. The average molecular weight is 343 g/mol. The van der Waals surface area contributed by atoms with Gasteiger partial charge in [0.15, 0.2) is 17.5 Å². The first-order valence-corrected chi connectivity index (χ1v) is 6.80. The first-order chi connectivity index (χ1) is 9.26. The van der Waals surface area contributed by atoms with Crippen LogP contribution in [0.3, 0.4) is 0 Å². The first kappa shape index (κ1) is 15.2. The van der Waals surface area contributed by atoms with Gasteiger partial charge in [0.1, 0.15) is 0 Å². The van der Waals surface area contributed by atoms with Crippen LogP contribution in [0.15, 0.2) is 17.5 Å². The highest BCUT2D eigenvalue weighted by Crippen LogP contribution is 2.38. The summed E-state index contributed by atoms with van der Waals surface area (Å²) in [5.74, 6) is -0.211. The van der Waals surface area contributed by atoms with Gasteiger partial charge >= 0.3 is 6.18 Å².